The Morgan fingerprint density at radius 1 is 1.08 bits per heavy atom. The number of hydrogen-bond acceptors (Lipinski definition) is 10. The van der Waals surface area contributed by atoms with Crippen LogP contribution in [-0.4, -0.2) is 74.0 Å². The predicted molar refractivity (Wildman–Crippen MR) is 147 cm³/mol. The fourth-order valence-corrected chi connectivity index (χ4v) is 3.77. The van der Waals surface area contributed by atoms with Crippen molar-refractivity contribution in [3.05, 3.63) is 42.4 Å². The molecule has 39 heavy (non-hydrogen) atoms. The summed E-state index contributed by atoms with van der Waals surface area (Å²) >= 11 is 0. The van der Waals surface area contributed by atoms with Gasteiger partial charge in [0.25, 0.3) is 0 Å². The van der Waals surface area contributed by atoms with Crippen LogP contribution in [0.4, 0.5) is 16.6 Å². The standard InChI is InChI=1S/C26H33N9O4/c1-26(2,3)32-25(37)31-23-21(16-10-19(38-4)13-20(11-16)39-5)12-17-14-28-24(30-22(17)29-23)27-7-8-35-15-18(6-9-36)33-34-35/h10-15,36H,6-9H2,1-5H3,(H3,27,28,29,30,31,32,37). The van der Waals surface area contributed by atoms with E-state index >= 15 is 0 Å². The smallest absolute Gasteiger partial charge is 0.320 e. The first-order valence-corrected chi connectivity index (χ1v) is 12.4. The van der Waals surface area contributed by atoms with Gasteiger partial charge in [-0.3, -0.25) is 10.00 Å². The Hall–Kier alpha value is -4.52. The van der Waals surface area contributed by atoms with Crippen molar-refractivity contribution in [2.24, 2.45) is 0 Å². The molecule has 0 aliphatic heterocycles. The number of aromatic nitrogens is 6. The van der Waals surface area contributed by atoms with Gasteiger partial charge in [-0.05, 0) is 44.5 Å². The monoisotopic (exact) mass is 535 g/mol. The van der Waals surface area contributed by atoms with E-state index < -0.39 is 11.6 Å². The quantitative estimate of drug-likeness (QED) is 0.238. The number of benzene rings is 1. The summed E-state index contributed by atoms with van der Waals surface area (Å²) in [4.78, 5) is 26.5. The molecule has 4 rings (SSSR count). The van der Waals surface area contributed by atoms with E-state index in [0.29, 0.717) is 59.4 Å². The highest BCUT2D eigenvalue weighted by Gasteiger charge is 2.18. The molecule has 0 aliphatic carbocycles. The molecule has 0 spiro atoms. The molecule has 3 heterocycles. The number of anilines is 2. The third-order valence-electron chi connectivity index (χ3n) is 5.53. The minimum absolute atomic E-state index is 0.0245. The van der Waals surface area contributed by atoms with Gasteiger partial charge in [0.1, 0.15) is 17.3 Å². The first kappa shape index (κ1) is 27.5. The molecular weight excluding hydrogens is 502 g/mol. The van der Waals surface area contributed by atoms with Gasteiger partial charge in [-0.2, -0.15) is 4.98 Å². The minimum Gasteiger partial charge on any atom is -0.497 e. The Balaban J connectivity index is 1.64. The molecule has 0 radical (unpaired) electrons. The number of urea groups is 1. The molecule has 13 heteroatoms. The molecule has 0 aliphatic rings. The van der Waals surface area contributed by atoms with Crippen molar-refractivity contribution in [1.82, 2.24) is 35.3 Å². The van der Waals surface area contributed by atoms with Crippen LogP contribution in [0.15, 0.2) is 36.7 Å². The first-order chi connectivity index (χ1) is 18.7. The number of fused-ring (bicyclic) bond motifs is 1. The van der Waals surface area contributed by atoms with Crippen LogP contribution < -0.4 is 25.4 Å². The van der Waals surface area contributed by atoms with Crippen LogP contribution in [0.2, 0.25) is 0 Å². The molecule has 0 fully saturated rings. The molecule has 1 aromatic carbocycles. The molecule has 0 unspecified atom stereocenters. The zero-order valence-corrected chi connectivity index (χ0v) is 22.6. The number of nitrogens with zero attached hydrogens (tertiary/aromatic N) is 6. The largest absolute Gasteiger partial charge is 0.497 e. The summed E-state index contributed by atoms with van der Waals surface area (Å²) < 4.78 is 12.6. The van der Waals surface area contributed by atoms with Crippen LogP contribution in [-0.2, 0) is 13.0 Å². The Morgan fingerprint density at radius 2 is 1.82 bits per heavy atom. The summed E-state index contributed by atoms with van der Waals surface area (Å²) in [7, 11) is 3.15. The van der Waals surface area contributed by atoms with Gasteiger partial charge in [-0.15, -0.1) is 5.10 Å². The van der Waals surface area contributed by atoms with Crippen molar-refractivity contribution in [3.8, 4) is 22.6 Å². The van der Waals surface area contributed by atoms with E-state index in [1.54, 1.807) is 37.4 Å². The predicted octanol–water partition coefficient (Wildman–Crippen LogP) is 2.87. The average molecular weight is 536 g/mol. The van der Waals surface area contributed by atoms with Crippen LogP contribution in [0.3, 0.4) is 0 Å². The molecule has 0 saturated carbocycles. The average Bonchev–Trinajstić information content (AvgIpc) is 3.34. The number of aliphatic hydroxyl groups is 1. The molecule has 0 bridgehead atoms. The summed E-state index contributed by atoms with van der Waals surface area (Å²) in [5, 5.41) is 26.7. The topological polar surface area (TPSA) is 161 Å². The van der Waals surface area contributed by atoms with Crippen molar-refractivity contribution >= 4 is 28.8 Å². The van der Waals surface area contributed by atoms with Gasteiger partial charge in [-0.25, -0.2) is 14.8 Å². The molecule has 0 saturated heterocycles. The van der Waals surface area contributed by atoms with E-state index in [2.05, 4.69) is 41.2 Å². The number of ether oxygens (including phenoxy) is 2. The van der Waals surface area contributed by atoms with E-state index in [9.17, 15) is 4.79 Å². The van der Waals surface area contributed by atoms with Crippen LogP contribution in [0.1, 0.15) is 26.5 Å². The molecule has 0 atom stereocenters. The minimum atomic E-state index is -0.442. The van der Waals surface area contributed by atoms with E-state index in [1.165, 1.54) is 0 Å². The number of pyridine rings is 1. The van der Waals surface area contributed by atoms with Gasteiger partial charge in [0.15, 0.2) is 5.65 Å². The highest BCUT2D eigenvalue weighted by molar-refractivity contribution is 5.96. The van der Waals surface area contributed by atoms with Gasteiger partial charge in [-0.1, -0.05) is 5.21 Å². The van der Waals surface area contributed by atoms with Gasteiger partial charge in [0, 0.05) is 54.5 Å². The lowest BCUT2D eigenvalue weighted by molar-refractivity contribution is 0.243. The second-order valence-electron chi connectivity index (χ2n) is 9.79. The maximum atomic E-state index is 12.8. The normalized spacial score (nSPS) is 11.3. The van der Waals surface area contributed by atoms with Crippen LogP contribution >= 0.6 is 0 Å². The lowest BCUT2D eigenvalue weighted by atomic mass is 10.0. The SMILES string of the molecule is COc1cc(OC)cc(-c2cc3cnc(NCCn4cc(CCO)nn4)nc3nc2NC(=O)NC(C)(C)C)c1. The third kappa shape index (κ3) is 7.29. The van der Waals surface area contributed by atoms with Crippen molar-refractivity contribution in [2.75, 3.05) is 38.0 Å². The summed E-state index contributed by atoms with van der Waals surface area (Å²) in [6, 6.07) is 6.92. The first-order valence-electron chi connectivity index (χ1n) is 12.4. The van der Waals surface area contributed by atoms with Crippen LogP contribution in [0.25, 0.3) is 22.2 Å². The molecule has 3 aromatic heterocycles. The summed E-state index contributed by atoms with van der Waals surface area (Å²) in [5.74, 6) is 1.90. The number of amides is 2. The second kappa shape index (κ2) is 11.9. The van der Waals surface area contributed by atoms with Gasteiger partial charge >= 0.3 is 6.03 Å². The molecule has 2 amide bonds. The molecule has 4 aromatic rings. The van der Waals surface area contributed by atoms with E-state index in [1.807, 2.05) is 39.0 Å². The fraction of sp³-hybridized carbons (Fsp3) is 0.385. The van der Waals surface area contributed by atoms with E-state index in [4.69, 9.17) is 14.6 Å². The van der Waals surface area contributed by atoms with Crippen molar-refractivity contribution < 1.29 is 19.4 Å². The number of aliphatic hydroxyl groups excluding tert-OH is 1. The Morgan fingerprint density at radius 3 is 2.49 bits per heavy atom. The Bertz CT molecular complexity index is 1430. The van der Waals surface area contributed by atoms with Crippen molar-refractivity contribution in [3.63, 3.8) is 0 Å². The van der Waals surface area contributed by atoms with E-state index in [0.717, 1.165) is 11.3 Å². The maximum absolute atomic E-state index is 12.8. The second-order valence-corrected chi connectivity index (χ2v) is 9.79. The molecular formula is C26H33N9O4. The van der Waals surface area contributed by atoms with Crippen molar-refractivity contribution in [1.29, 1.82) is 0 Å². The number of carbonyl (C=O) groups excluding carboxylic acids is 1. The van der Waals surface area contributed by atoms with Gasteiger partial charge in [0.2, 0.25) is 5.95 Å². The fourth-order valence-electron chi connectivity index (χ4n) is 3.77. The van der Waals surface area contributed by atoms with Gasteiger partial charge < -0.3 is 25.2 Å². The zero-order valence-electron chi connectivity index (χ0n) is 22.6. The molecule has 13 nitrogen and oxygen atoms in total. The molecule has 4 N–H and O–H groups in total. The summed E-state index contributed by atoms with van der Waals surface area (Å²) in [5.41, 5.74) is 2.08. The van der Waals surface area contributed by atoms with Gasteiger partial charge in [0.05, 0.1) is 26.5 Å². The number of nitrogens with one attached hydrogen (secondary N) is 3. The third-order valence-corrected chi connectivity index (χ3v) is 5.53. The van der Waals surface area contributed by atoms with Crippen LogP contribution in [0, 0.1) is 0 Å². The Labute approximate surface area is 226 Å². The zero-order chi connectivity index (χ0) is 28.0. The molecule has 206 valence electrons. The highest BCUT2D eigenvalue weighted by atomic mass is 16.5. The number of carbonyl (C=O) groups is 1. The maximum Gasteiger partial charge on any atom is 0.320 e. The summed E-state index contributed by atoms with van der Waals surface area (Å²) in [6.07, 6.45) is 3.92. The lowest BCUT2D eigenvalue weighted by Crippen LogP contribution is -2.43. The number of methoxy groups -OCH3 is 2. The Kier molecular flexibility index (Phi) is 8.39. The highest BCUT2D eigenvalue weighted by Crippen LogP contribution is 2.35. The number of hydrogen-bond donors (Lipinski definition) is 4. The number of rotatable bonds is 10. The van der Waals surface area contributed by atoms with Crippen LogP contribution in [0.5, 0.6) is 11.5 Å². The lowest BCUT2D eigenvalue weighted by Gasteiger charge is -2.21. The summed E-state index contributed by atoms with van der Waals surface area (Å²) in [6.45, 7) is 6.74. The van der Waals surface area contributed by atoms with E-state index in [-0.39, 0.29) is 6.61 Å². The van der Waals surface area contributed by atoms with Crippen molar-refractivity contribution in [2.45, 2.75) is 39.3 Å².